The van der Waals surface area contributed by atoms with Crippen LogP contribution in [-0.2, 0) is 18.3 Å². The Hall–Kier alpha value is -0.910. The summed E-state index contributed by atoms with van der Waals surface area (Å²) >= 11 is 0. The highest BCUT2D eigenvalue weighted by atomic mass is 16.5. The predicted octanol–water partition coefficient (Wildman–Crippen LogP) is -0.174. The van der Waals surface area contributed by atoms with Gasteiger partial charge in [-0.05, 0) is 7.05 Å². The van der Waals surface area contributed by atoms with Gasteiger partial charge in [0.05, 0.1) is 12.8 Å². The number of rotatable bonds is 6. The maximum Gasteiger partial charge on any atom is 0.0630 e. The van der Waals surface area contributed by atoms with Crippen LogP contribution < -0.4 is 5.73 Å². The number of aromatic nitrogens is 2. The van der Waals surface area contributed by atoms with Crippen molar-refractivity contribution in [2.75, 3.05) is 27.3 Å². The van der Waals surface area contributed by atoms with Gasteiger partial charge in [0.1, 0.15) is 0 Å². The molecule has 0 spiro atoms. The van der Waals surface area contributed by atoms with Gasteiger partial charge in [0.15, 0.2) is 0 Å². The molecule has 0 radical (unpaired) electrons. The molecule has 5 heteroatoms. The minimum Gasteiger partial charge on any atom is -0.383 e. The van der Waals surface area contributed by atoms with Crippen LogP contribution in [0.2, 0.25) is 0 Å². The second-order valence-electron chi connectivity index (χ2n) is 3.78. The van der Waals surface area contributed by atoms with Crippen LogP contribution in [0.4, 0.5) is 0 Å². The molecule has 0 fully saturated rings. The van der Waals surface area contributed by atoms with E-state index in [1.54, 1.807) is 11.8 Å². The van der Waals surface area contributed by atoms with Crippen molar-refractivity contribution in [3.05, 3.63) is 18.0 Å². The molecule has 1 aromatic rings. The van der Waals surface area contributed by atoms with Crippen LogP contribution in [0.15, 0.2) is 12.4 Å². The van der Waals surface area contributed by atoms with E-state index in [1.807, 2.05) is 26.5 Å². The number of methoxy groups -OCH3 is 1. The zero-order valence-electron chi connectivity index (χ0n) is 9.68. The molecule has 0 amide bonds. The molecule has 1 aromatic heterocycles. The smallest absolute Gasteiger partial charge is 0.0630 e. The van der Waals surface area contributed by atoms with Gasteiger partial charge < -0.3 is 10.5 Å². The van der Waals surface area contributed by atoms with Gasteiger partial charge in [-0.15, -0.1) is 0 Å². The highest BCUT2D eigenvalue weighted by molar-refractivity contribution is 5.03. The monoisotopic (exact) mass is 212 g/mol. The Bertz CT molecular complexity index is 287. The first-order chi connectivity index (χ1) is 7.17. The first-order valence-electron chi connectivity index (χ1n) is 5.04. The molecular weight excluding hydrogens is 192 g/mol. The third-order valence-corrected chi connectivity index (χ3v) is 2.44. The Labute approximate surface area is 90.8 Å². The van der Waals surface area contributed by atoms with Crippen molar-refractivity contribution < 1.29 is 4.74 Å². The SMILES string of the molecule is COCC(CN)N(C)Cc1cnn(C)c1. The van der Waals surface area contributed by atoms with Gasteiger partial charge >= 0.3 is 0 Å². The third kappa shape index (κ3) is 3.62. The molecule has 0 aromatic carbocycles. The van der Waals surface area contributed by atoms with Crippen LogP contribution in [0.3, 0.4) is 0 Å². The first-order valence-corrected chi connectivity index (χ1v) is 5.04. The molecule has 0 saturated heterocycles. The zero-order chi connectivity index (χ0) is 11.3. The fourth-order valence-electron chi connectivity index (χ4n) is 1.54. The summed E-state index contributed by atoms with van der Waals surface area (Å²) in [4.78, 5) is 2.18. The van der Waals surface area contributed by atoms with Crippen molar-refractivity contribution >= 4 is 0 Å². The fourth-order valence-corrected chi connectivity index (χ4v) is 1.54. The highest BCUT2D eigenvalue weighted by Crippen LogP contribution is 2.04. The van der Waals surface area contributed by atoms with E-state index in [0.717, 1.165) is 6.54 Å². The standard InChI is InChI=1S/C10H20N4O/c1-13(10(4-11)8-15-3)6-9-5-12-14(2)7-9/h5,7,10H,4,6,8,11H2,1-3H3. The quantitative estimate of drug-likeness (QED) is 0.711. The van der Waals surface area contributed by atoms with E-state index < -0.39 is 0 Å². The van der Waals surface area contributed by atoms with Crippen LogP contribution in [-0.4, -0.2) is 48.0 Å². The summed E-state index contributed by atoms with van der Waals surface area (Å²) in [5.74, 6) is 0. The molecule has 0 aliphatic heterocycles. The lowest BCUT2D eigenvalue weighted by atomic mass is 10.2. The van der Waals surface area contributed by atoms with Crippen LogP contribution in [0.25, 0.3) is 0 Å². The summed E-state index contributed by atoms with van der Waals surface area (Å²) < 4.78 is 6.92. The maximum absolute atomic E-state index is 5.68. The maximum atomic E-state index is 5.68. The van der Waals surface area contributed by atoms with E-state index >= 15 is 0 Å². The zero-order valence-corrected chi connectivity index (χ0v) is 9.68. The molecule has 0 aliphatic rings. The molecule has 1 unspecified atom stereocenters. The minimum absolute atomic E-state index is 0.259. The van der Waals surface area contributed by atoms with E-state index in [1.165, 1.54) is 5.56 Å². The van der Waals surface area contributed by atoms with E-state index in [0.29, 0.717) is 13.2 Å². The minimum atomic E-state index is 0.259. The molecule has 0 aliphatic carbocycles. The molecule has 1 atom stereocenters. The van der Waals surface area contributed by atoms with Crippen molar-refractivity contribution in [1.29, 1.82) is 0 Å². The predicted molar refractivity (Wildman–Crippen MR) is 59.4 cm³/mol. The number of nitrogens with zero attached hydrogens (tertiary/aromatic N) is 3. The van der Waals surface area contributed by atoms with Crippen LogP contribution in [0, 0.1) is 0 Å². The number of ether oxygens (including phenoxy) is 1. The van der Waals surface area contributed by atoms with Crippen molar-refractivity contribution in [3.8, 4) is 0 Å². The van der Waals surface area contributed by atoms with Crippen molar-refractivity contribution in [1.82, 2.24) is 14.7 Å². The summed E-state index contributed by atoms with van der Waals surface area (Å²) in [6.45, 7) is 2.11. The molecule has 1 rings (SSSR count). The number of likely N-dealkylation sites (N-methyl/N-ethyl adjacent to an activating group) is 1. The number of hydrogen-bond donors (Lipinski definition) is 1. The summed E-state index contributed by atoms with van der Waals surface area (Å²) in [7, 11) is 5.66. The molecule has 86 valence electrons. The van der Waals surface area contributed by atoms with Crippen LogP contribution in [0.1, 0.15) is 5.56 Å². The number of nitrogens with two attached hydrogens (primary N) is 1. The van der Waals surface area contributed by atoms with Gasteiger partial charge in [0.2, 0.25) is 0 Å². The van der Waals surface area contributed by atoms with Gasteiger partial charge in [-0.1, -0.05) is 0 Å². The van der Waals surface area contributed by atoms with E-state index in [4.69, 9.17) is 10.5 Å². The van der Waals surface area contributed by atoms with Crippen molar-refractivity contribution in [2.24, 2.45) is 12.8 Å². The van der Waals surface area contributed by atoms with Crippen LogP contribution in [0.5, 0.6) is 0 Å². The number of hydrogen-bond acceptors (Lipinski definition) is 4. The van der Waals surface area contributed by atoms with Crippen molar-refractivity contribution in [2.45, 2.75) is 12.6 Å². The lowest BCUT2D eigenvalue weighted by Crippen LogP contribution is -2.40. The number of aryl methyl sites for hydroxylation is 1. The summed E-state index contributed by atoms with van der Waals surface area (Å²) in [6.07, 6.45) is 3.88. The Kier molecular flexibility index (Phi) is 4.74. The normalized spacial score (nSPS) is 13.4. The lowest BCUT2D eigenvalue weighted by molar-refractivity contribution is 0.106. The Morgan fingerprint density at radius 1 is 1.67 bits per heavy atom. The third-order valence-electron chi connectivity index (χ3n) is 2.44. The van der Waals surface area contributed by atoms with Gasteiger partial charge in [-0.2, -0.15) is 5.10 Å². The van der Waals surface area contributed by atoms with E-state index in [2.05, 4.69) is 10.00 Å². The average Bonchev–Trinajstić information content (AvgIpc) is 2.60. The van der Waals surface area contributed by atoms with Crippen molar-refractivity contribution in [3.63, 3.8) is 0 Å². The van der Waals surface area contributed by atoms with Crippen LogP contribution >= 0.6 is 0 Å². The molecule has 1 heterocycles. The molecule has 0 saturated carbocycles. The molecule has 15 heavy (non-hydrogen) atoms. The summed E-state index contributed by atoms with van der Waals surface area (Å²) in [5.41, 5.74) is 6.87. The van der Waals surface area contributed by atoms with E-state index in [-0.39, 0.29) is 6.04 Å². The van der Waals surface area contributed by atoms with Gasteiger partial charge in [0.25, 0.3) is 0 Å². The second-order valence-corrected chi connectivity index (χ2v) is 3.78. The molecule has 5 nitrogen and oxygen atoms in total. The van der Waals surface area contributed by atoms with Gasteiger partial charge in [-0.25, -0.2) is 0 Å². The largest absolute Gasteiger partial charge is 0.383 e. The second kappa shape index (κ2) is 5.85. The highest BCUT2D eigenvalue weighted by Gasteiger charge is 2.13. The first kappa shape index (κ1) is 12.2. The Balaban J connectivity index is 2.49. The molecular formula is C10H20N4O. The van der Waals surface area contributed by atoms with Gasteiger partial charge in [0, 0.05) is 45.0 Å². The Morgan fingerprint density at radius 3 is 2.87 bits per heavy atom. The topological polar surface area (TPSA) is 56.3 Å². The fraction of sp³-hybridized carbons (Fsp3) is 0.700. The summed E-state index contributed by atoms with van der Waals surface area (Å²) in [5, 5.41) is 4.13. The summed E-state index contributed by atoms with van der Waals surface area (Å²) in [6, 6.07) is 0.259. The van der Waals surface area contributed by atoms with E-state index in [9.17, 15) is 0 Å². The lowest BCUT2D eigenvalue weighted by Gasteiger charge is -2.25. The van der Waals surface area contributed by atoms with Gasteiger partial charge in [-0.3, -0.25) is 9.58 Å². The Morgan fingerprint density at radius 2 is 2.40 bits per heavy atom. The molecule has 0 bridgehead atoms. The molecule has 2 N–H and O–H groups in total. The average molecular weight is 212 g/mol.